The van der Waals surface area contributed by atoms with E-state index in [0.29, 0.717) is 16.0 Å². The zero-order chi connectivity index (χ0) is 15.5. The van der Waals surface area contributed by atoms with Crippen LogP contribution in [0.5, 0.6) is 0 Å². The largest absolute Gasteiger partial charge is 0.475 e. The lowest BCUT2D eigenvalue weighted by Gasteiger charge is -2.01. The van der Waals surface area contributed by atoms with Gasteiger partial charge in [0.15, 0.2) is 0 Å². The third kappa shape index (κ3) is 3.05. The molecule has 3 aromatic rings. The molecule has 7 heteroatoms. The molecule has 5 nitrogen and oxygen atoms in total. The molecular formula is C15H12N2O3S2. The van der Waals surface area contributed by atoms with Gasteiger partial charge in [-0.25, -0.2) is 9.78 Å². The van der Waals surface area contributed by atoms with Gasteiger partial charge in [-0.15, -0.1) is 11.3 Å². The van der Waals surface area contributed by atoms with Crippen molar-refractivity contribution < 1.29 is 9.90 Å². The van der Waals surface area contributed by atoms with Crippen LogP contribution < -0.4 is 5.56 Å². The van der Waals surface area contributed by atoms with Crippen molar-refractivity contribution in [1.82, 2.24) is 9.97 Å². The summed E-state index contributed by atoms with van der Waals surface area (Å²) in [6, 6.07) is 10.1. The molecule has 1 aromatic carbocycles. The SMILES string of the molecule is O=C(O)c1nc2scc(CSCc3ccccc3)c2c(=O)[nH]1. The van der Waals surface area contributed by atoms with Crippen LogP contribution in [0.1, 0.15) is 21.7 Å². The Kier molecular flexibility index (Phi) is 4.26. The molecule has 0 fully saturated rings. The number of carboxylic acid groups (broad SMARTS) is 1. The van der Waals surface area contributed by atoms with E-state index in [9.17, 15) is 9.59 Å². The van der Waals surface area contributed by atoms with Crippen LogP contribution in [0.4, 0.5) is 0 Å². The minimum Gasteiger partial charge on any atom is -0.475 e. The van der Waals surface area contributed by atoms with Gasteiger partial charge in [-0.3, -0.25) is 4.79 Å². The summed E-state index contributed by atoms with van der Waals surface area (Å²) in [5.41, 5.74) is 1.73. The van der Waals surface area contributed by atoms with Crippen LogP contribution in [0.15, 0.2) is 40.5 Å². The van der Waals surface area contributed by atoms with Gasteiger partial charge in [0.2, 0.25) is 5.82 Å². The predicted molar refractivity (Wildman–Crippen MR) is 88.6 cm³/mol. The molecule has 0 amide bonds. The Morgan fingerprint density at radius 2 is 2.05 bits per heavy atom. The van der Waals surface area contributed by atoms with Crippen molar-refractivity contribution in [2.45, 2.75) is 11.5 Å². The van der Waals surface area contributed by atoms with Gasteiger partial charge < -0.3 is 10.1 Å². The molecule has 112 valence electrons. The Balaban J connectivity index is 1.80. The predicted octanol–water partition coefficient (Wildman–Crippen LogP) is 3.12. The number of thiophene rings is 1. The molecule has 22 heavy (non-hydrogen) atoms. The number of hydrogen-bond acceptors (Lipinski definition) is 5. The number of carbonyl (C=O) groups is 1. The number of aromatic amines is 1. The minimum atomic E-state index is -1.23. The molecule has 0 radical (unpaired) electrons. The summed E-state index contributed by atoms with van der Waals surface area (Å²) in [4.78, 5) is 29.7. The molecule has 2 aromatic heterocycles. The topological polar surface area (TPSA) is 83.0 Å². The lowest BCUT2D eigenvalue weighted by Crippen LogP contribution is -2.15. The Morgan fingerprint density at radius 1 is 1.27 bits per heavy atom. The number of thioether (sulfide) groups is 1. The number of fused-ring (bicyclic) bond motifs is 1. The monoisotopic (exact) mass is 332 g/mol. The zero-order valence-corrected chi connectivity index (χ0v) is 13.0. The van der Waals surface area contributed by atoms with Gasteiger partial charge in [0.05, 0.1) is 5.39 Å². The smallest absolute Gasteiger partial charge is 0.372 e. The summed E-state index contributed by atoms with van der Waals surface area (Å²) in [6.45, 7) is 0. The number of benzene rings is 1. The minimum absolute atomic E-state index is 0.317. The van der Waals surface area contributed by atoms with Crippen molar-refractivity contribution in [3.05, 3.63) is 63.0 Å². The fraction of sp³-hybridized carbons (Fsp3) is 0.133. The highest BCUT2D eigenvalue weighted by Crippen LogP contribution is 2.26. The van der Waals surface area contributed by atoms with E-state index in [0.717, 1.165) is 11.3 Å². The van der Waals surface area contributed by atoms with Gasteiger partial charge in [-0.1, -0.05) is 30.3 Å². The van der Waals surface area contributed by atoms with Crippen molar-refractivity contribution in [2.75, 3.05) is 0 Å². The molecule has 0 aliphatic heterocycles. The molecular weight excluding hydrogens is 320 g/mol. The quantitative estimate of drug-likeness (QED) is 0.750. The van der Waals surface area contributed by atoms with Crippen LogP contribution in [-0.2, 0) is 11.5 Å². The van der Waals surface area contributed by atoms with Crippen molar-refractivity contribution >= 4 is 39.3 Å². The first-order chi connectivity index (χ1) is 10.6. The second-order valence-electron chi connectivity index (χ2n) is 4.64. The molecule has 2 heterocycles. The fourth-order valence-corrected chi connectivity index (χ4v) is 4.09. The average Bonchev–Trinajstić information content (AvgIpc) is 2.92. The van der Waals surface area contributed by atoms with Crippen molar-refractivity contribution in [2.24, 2.45) is 0 Å². The van der Waals surface area contributed by atoms with Crippen molar-refractivity contribution in [3.63, 3.8) is 0 Å². The number of nitrogens with one attached hydrogen (secondary N) is 1. The Bertz CT molecular complexity index is 871. The number of carboxylic acids is 1. The maximum atomic E-state index is 12.1. The average molecular weight is 332 g/mol. The van der Waals surface area contributed by atoms with Gasteiger partial charge in [0.1, 0.15) is 4.83 Å². The first-order valence-electron chi connectivity index (χ1n) is 6.50. The summed E-state index contributed by atoms with van der Waals surface area (Å²) in [7, 11) is 0. The van der Waals surface area contributed by atoms with Crippen LogP contribution in [-0.4, -0.2) is 21.0 Å². The second kappa shape index (κ2) is 6.33. The van der Waals surface area contributed by atoms with Crippen LogP contribution >= 0.6 is 23.1 Å². The maximum absolute atomic E-state index is 12.1. The van der Waals surface area contributed by atoms with E-state index in [1.54, 1.807) is 11.8 Å². The Morgan fingerprint density at radius 3 is 2.77 bits per heavy atom. The third-order valence-electron chi connectivity index (χ3n) is 3.09. The lowest BCUT2D eigenvalue weighted by molar-refractivity contribution is 0.0683. The van der Waals surface area contributed by atoms with E-state index >= 15 is 0 Å². The van der Waals surface area contributed by atoms with Crippen molar-refractivity contribution in [1.29, 1.82) is 0 Å². The van der Waals surface area contributed by atoms with E-state index < -0.39 is 5.97 Å². The van der Waals surface area contributed by atoms with E-state index in [1.807, 2.05) is 23.6 Å². The molecule has 0 spiro atoms. The van der Waals surface area contributed by atoms with E-state index in [2.05, 4.69) is 22.1 Å². The number of H-pyrrole nitrogens is 1. The zero-order valence-electron chi connectivity index (χ0n) is 11.4. The number of hydrogen-bond donors (Lipinski definition) is 2. The van der Waals surface area contributed by atoms with Crippen LogP contribution in [0, 0.1) is 0 Å². The molecule has 0 unspecified atom stereocenters. The lowest BCUT2D eigenvalue weighted by atomic mass is 10.2. The van der Waals surface area contributed by atoms with Crippen LogP contribution in [0.25, 0.3) is 10.2 Å². The highest BCUT2D eigenvalue weighted by molar-refractivity contribution is 7.97. The van der Waals surface area contributed by atoms with Crippen molar-refractivity contribution in [3.8, 4) is 0 Å². The molecule has 0 bridgehead atoms. The standard InChI is InChI=1S/C15H12N2O3S2/c18-13-11-10(7-21-6-9-4-2-1-3-5-9)8-22-14(11)17-12(16-13)15(19)20/h1-5,8H,6-7H2,(H,19,20)(H,16,17,18). The molecule has 0 aliphatic carbocycles. The molecule has 2 N–H and O–H groups in total. The second-order valence-corrected chi connectivity index (χ2v) is 6.48. The summed E-state index contributed by atoms with van der Waals surface area (Å²) >= 11 is 3.01. The number of nitrogens with zero attached hydrogens (tertiary/aromatic N) is 1. The molecule has 0 aliphatic rings. The molecule has 0 saturated heterocycles. The highest BCUT2D eigenvalue weighted by Gasteiger charge is 2.14. The normalized spacial score (nSPS) is 10.9. The van der Waals surface area contributed by atoms with Crippen LogP contribution in [0.2, 0.25) is 0 Å². The summed E-state index contributed by atoms with van der Waals surface area (Å²) in [6.07, 6.45) is 0. The maximum Gasteiger partial charge on any atom is 0.372 e. The van der Waals surface area contributed by atoms with Gasteiger partial charge >= 0.3 is 5.97 Å². The fourth-order valence-electron chi connectivity index (χ4n) is 2.07. The highest BCUT2D eigenvalue weighted by atomic mass is 32.2. The Labute approximate surface area is 134 Å². The first-order valence-corrected chi connectivity index (χ1v) is 8.54. The number of rotatable bonds is 5. The van der Waals surface area contributed by atoms with Gasteiger partial charge in [0, 0.05) is 11.5 Å². The summed E-state index contributed by atoms with van der Waals surface area (Å²) < 4.78 is 0. The van der Waals surface area contributed by atoms with E-state index in [-0.39, 0.29) is 11.4 Å². The van der Waals surface area contributed by atoms with Gasteiger partial charge in [-0.05, 0) is 16.5 Å². The number of aromatic carboxylic acids is 1. The molecule has 0 atom stereocenters. The molecule has 0 saturated carbocycles. The van der Waals surface area contributed by atoms with Gasteiger partial charge in [-0.2, -0.15) is 11.8 Å². The third-order valence-corrected chi connectivity index (χ3v) is 5.07. The first kappa shape index (κ1) is 14.8. The van der Waals surface area contributed by atoms with E-state index in [1.165, 1.54) is 16.9 Å². The number of aromatic nitrogens is 2. The molecule has 3 rings (SSSR count). The summed E-state index contributed by atoms with van der Waals surface area (Å²) in [5, 5.41) is 11.3. The van der Waals surface area contributed by atoms with Gasteiger partial charge in [0.25, 0.3) is 5.56 Å². The van der Waals surface area contributed by atoms with E-state index in [4.69, 9.17) is 5.11 Å². The Hall–Kier alpha value is -2.12. The summed E-state index contributed by atoms with van der Waals surface area (Å²) in [5.74, 6) is -0.00163. The van der Waals surface area contributed by atoms with Crippen LogP contribution in [0.3, 0.4) is 0 Å².